The molecule has 5 rings (SSSR count). The average Bonchev–Trinajstić information content (AvgIpc) is 3.46. The summed E-state index contributed by atoms with van der Waals surface area (Å²) < 4.78 is 38.1. The Labute approximate surface area is 195 Å². The predicted molar refractivity (Wildman–Crippen MR) is 123 cm³/mol. The van der Waals surface area contributed by atoms with E-state index in [1.165, 1.54) is 30.5 Å². The van der Waals surface area contributed by atoms with E-state index >= 15 is 0 Å². The maximum Gasteiger partial charge on any atom is 0.263 e. The van der Waals surface area contributed by atoms with Crippen LogP contribution in [0, 0.1) is 5.92 Å². The average molecular weight is 481 g/mol. The molecule has 3 aromatic rings. The Morgan fingerprint density at radius 1 is 1.03 bits per heavy atom. The van der Waals surface area contributed by atoms with Gasteiger partial charge in [-0.05, 0) is 48.5 Å². The van der Waals surface area contributed by atoms with Crippen molar-refractivity contribution in [3.63, 3.8) is 0 Å². The van der Waals surface area contributed by atoms with Gasteiger partial charge in [-0.3, -0.25) is 14.3 Å². The van der Waals surface area contributed by atoms with Crippen molar-refractivity contribution in [3.05, 3.63) is 66.9 Å². The van der Waals surface area contributed by atoms with E-state index in [1.54, 1.807) is 41.3 Å². The van der Waals surface area contributed by atoms with Crippen LogP contribution in [0.25, 0.3) is 0 Å². The molecule has 2 aromatic carbocycles. The Hall–Kier alpha value is -4.12. The summed E-state index contributed by atoms with van der Waals surface area (Å²) in [5.41, 5.74) is 1.07. The quantitative estimate of drug-likeness (QED) is 0.555. The monoisotopic (exact) mass is 480 g/mol. The number of aromatic nitrogens is 1. The van der Waals surface area contributed by atoms with Crippen LogP contribution in [0.5, 0.6) is 11.5 Å². The van der Waals surface area contributed by atoms with Crippen molar-refractivity contribution in [2.45, 2.75) is 11.3 Å². The Balaban J connectivity index is 1.23. The molecule has 1 aromatic heterocycles. The number of anilines is 3. The summed E-state index contributed by atoms with van der Waals surface area (Å²) in [4.78, 5) is 30.8. The van der Waals surface area contributed by atoms with E-state index in [-0.39, 0.29) is 42.3 Å². The van der Waals surface area contributed by atoms with Crippen molar-refractivity contribution >= 4 is 39.0 Å². The van der Waals surface area contributed by atoms with Crippen LogP contribution in [-0.2, 0) is 19.6 Å². The number of nitrogens with one attached hydrogen (secondary N) is 2. The minimum absolute atomic E-state index is 0.0289. The van der Waals surface area contributed by atoms with Crippen LogP contribution in [0.4, 0.5) is 17.2 Å². The second-order valence-corrected chi connectivity index (χ2v) is 9.46. The van der Waals surface area contributed by atoms with Crippen LogP contribution in [-0.4, -0.2) is 38.6 Å². The maximum absolute atomic E-state index is 12.8. The highest BCUT2D eigenvalue weighted by atomic mass is 32.2. The predicted octanol–water partition coefficient (Wildman–Crippen LogP) is 2.60. The van der Waals surface area contributed by atoms with Gasteiger partial charge in [-0.1, -0.05) is 6.07 Å². The highest BCUT2D eigenvalue weighted by Crippen LogP contribution is 2.37. The number of nitrogens with zero attached hydrogens (tertiary/aromatic N) is 2. The fourth-order valence-electron chi connectivity index (χ4n) is 3.77. The maximum atomic E-state index is 12.8. The molecule has 174 valence electrons. The molecule has 11 heteroatoms. The van der Waals surface area contributed by atoms with Crippen molar-refractivity contribution in [2.24, 2.45) is 5.92 Å². The van der Waals surface area contributed by atoms with Gasteiger partial charge >= 0.3 is 0 Å². The zero-order chi connectivity index (χ0) is 23.7. The largest absolute Gasteiger partial charge is 0.454 e. The number of hydrogen-bond acceptors (Lipinski definition) is 7. The van der Waals surface area contributed by atoms with E-state index in [1.807, 2.05) is 0 Å². The molecule has 1 fully saturated rings. The third kappa shape index (κ3) is 4.37. The van der Waals surface area contributed by atoms with Crippen LogP contribution in [0.1, 0.15) is 6.42 Å². The van der Waals surface area contributed by atoms with Gasteiger partial charge in [0.2, 0.25) is 18.6 Å². The third-order valence-electron chi connectivity index (χ3n) is 5.50. The van der Waals surface area contributed by atoms with Crippen molar-refractivity contribution in [2.75, 3.05) is 28.3 Å². The number of benzene rings is 2. The lowest BCUT2D eigenvalue weighted by Gasteiger charge is -2.17. The molecule has 10 nitrogen and oxygen atoms in total. The smallest absolute Gasteiger partial charge is 0.263 e. The highest BCUT2D eigenvalue weighted by molar-refractivity contribution is 7.92. The Morgan fingerprint density at radius 3 is 2.59 bits per heavy atom. The summed E-state index contributed by atoms with van der Waals surface area (Å²) in [5, 5.41) is 2.76. The van der Waals surface area contributed by atoms with E-state index in [9.17, 15) is 18.0 Å². The zero-order valence-electron chi connectivity index (χ0n) is 17.8. The van der Waals surface area contributed by atoms with Gasteiger partial charge in [0.15, 0.2) is 11.5 Å². The van der Waals surface area contributed by atoms with E-state index in [0.717, 1.165) is 0 Å². The molecule has 0 radical (unpaired) electrons. The molecule has 0 aliphatic carbocycles. The van der Waals surface area contributed by atoms with Crippen molar-refractivity contribution < 1.29 is 27.5 Å². The summed E-state index contributed by atoms with van der Waals surface area (Å²) in [6, 6.07) is 15.9. The van der Waals surface area contributed by atoms with Gasteiger partial charge < -0.3 is 19.7 Å². The first-order chi connectivity index (χ1) is 16.4. The molecule has 1 atom stereocenters. The van der Waals surface area contributed by atoms with Crippen LogP contribution in [0.2, 0.25) is 0 Å². The van der Waals surface area contributed by atoms with Crippen molar-refractivity contribution in [3.8, 4) is 11.5 Å². The summed E-state index contributed by atoms with van der Waals surface area (Å²) in [7, 11) is -3.82. The van der Waals surface area contributed by atoms with E-state index in [0.29, 0.717) is 22.9 Å². The van der Waals surface area contributed by atoms with Crippen LogP contribution in [0.15, 0.2) is 71.8 Å². The molecule has 2 aliphatic heterocycles. The lowest BCUT2D eigenvalue weighted by Crippen LogP contribution is -2.28. The molecule has 2 amide bonds. The summed E-state index contributed by atoms with van der Waals surface area (Å²) in [6.45, 7) is 0.363. The summed E-state index contributed by atoms with van der Waals surface area (Å²) >= 11 is 0. The Morgan fingerprint density at radius 2 is 1.82 bits per heavy atom. The number of carbonyl (C=O) groups excluding carboxylic acids is 2. The van der Waals surface area contributed by atoms with Crippen molar-refractivity contribution in [1.82, 2.24) is 4.98 Å². The second kappa shape index (κ2) is 8.67. The molecule has 2 N–H and O–H groups in total. The van der Waals surface area contributed by atoms with Gasteiger partial charge in [0.05, 0.1) is 10.8 Å². The molecule has 0 bridgehead atoms. The first kappa shape index (κ1) is 21.7. The standard InChI is InChI=1S/C23H20N4O6S/c28-22-11-15(13-27(22)17-6-9-19-20(12-17)33-14-32-19)23(29)25-16-4-7-18(8-5-16)34(30,31)26-21-3-1-2-10-24-21/h1-10,12,15H,11,13-14H2,(H,24,26)(H,25,29). The topological polar surface area (TPSA) is 127 Å². The summed E-state index contributed by atoms with van der Waals surface area (Å²) in [5.74, 6) is 0.348. The Bertz CT molecular complexity index is 1350. The van der Waals surface area contributed by atoms with Gasteiger partial charge in [-0.2, -0.15) is 0 Å². The summed E-state index contributed by atoms with van der Waals surface area (Å²) in [6.07, 6.45) is 1.55. The zero-order valence-corrected chi connectivity index (χ0v) is 18.6. The van der Waals surface area contributed by atoms with Gasteiger partial charge in [0.1, 0.15) is 5.82 Å². The fourth-order valence-corrected chi connectivity index (χ4v) is 4.78. The first-order valence-electron chi connectivity index (χ1n) is 10.4. The molecular formula is C23H20N4O6S. The number of sulfonamides is 1. The van der Waals surface area contributed by atoms with E-state index in [2.05, 4.69) is 15.0 Å². The van der Waals surface area contributed by atoms with Gasteiger partial charge in [0, 0.05) is 36.6 Å². The molecule has 1 unspecified atom stereocenters. The molecule has 3 heterocycles. The van der Waals surface area contributed by atoms with Gasteiger partial charge in [-0.15, -0.1) is 0 Å². The number of pyridine rings is 1. The lowest BCUT2D eigenvalue weighted by molar-refractivity contribution is -0.122. The fraction of sp³-hybridized carbons (Fsp3) is 0.174. The first-order valence-corrected chi connectivity index (χ1v) is 11.9. The molecule has 0 spiro atoms. The number of amides is 2. The van der Waals surface area contributed by atoms with Crippen LogP contribution in [0.3, 0.4) is 0 Å². The second-order valence-electron chi connectivity index (χ2n) is 7.78. The normalized spacial score (nSPS) is 17.0. The molecule has 2 aliphatic rings. The number of carbonyl (C=O) groups is 2. The number of ether oxygens (including phenoxy) is 2. The van der Waals surface area contributed by atoms with Gasteiger partial charge in [-0.25, -0.2) is 13.4 Å². The lowest BCUT2D eigenvalue weighted by atomic mass is 10.1. The number of hydrogen-bond donors (Lipinski definition) is 2. The van der Waals surface area contributed by atoms with Crippen molar-refractivity contribution in [1.29, 1.82) is 0 Å². The molecule has 34 heavy (non-hydrogen) atoms. The third-order valence-corrected chi connectivity index (χ3v) is 6.87. The minimum Gasteiger partial charge on any atom is -0.454 e. The minimum atomic E-state index is -3.82. The van der Waals surface area contributed by atoms with E-state index < -0.39 is 15.9 Å². The molecule has 0 saturated carbocycles. The molecular weight excluding hydrogens is 460 g/mol. The molecule has 1 saturated heterocycles. The number of rotatable bonds is 6. The van der Waals surface area contributed by atoms with Crippen LogP contribution >= 0.6 is 0 Å². The van der Waals surface area contributed by atoms with E-state index in [4.69, 9.17) is 9.47 Å². The van der Waals surface area contributed by atoms with Gasteiger partial charge in [0.25, 0.3) is 10.0 Å². The number of fused-ring (bicyclic) bond motifs is 1. The Kier molecular flexibility index (Phi) is 5.54. The SMILES string of the molecule is O=C(Nc1ccc(S(=O)(=O)Nc2ccccn2)cc1)C1CC(=O)N(c2ccc3c(c2)OCO3)C1. The highest BCUT2D eigenvalue weighted by Gasteiger charge is 2.35. The van der Waals surface area contributed by atoms with Crippen LogP contribution < -0.4 is 24.4 Å².